The van der Waals surface area contributed by atoms with Crippen LogP contribution in [0, 0.1) is 5.82 Å². The maximum absolute atomic E-state index is 13.2. The van der Waals surface area contributed by atoms with Gasteiger partial charge in [-0.2, -0.15) is 0 Å². The van der Waals surface area contributed by atoms with Crippen molar-refractivity contribution in [2.24, 2.45) is 0 Å². The lowest BCUT2D eigenvalue weighted by molar-refractivity contribution is 0.242. The zero-order valence-electron chi connectivity index (χ0n) is 12.8. The van der Waals surface area contributed by atoms with E-state index in [1.54, 1.807) is 19.2 Å². The van der Waals surface area contributed by atoms with E-state index in [2.05, 4.69) is 15.6 Å². The lowest BCUT2D eigenvalue weighted by Gasteiger charge is -2.18. The zero-order valence-corrected chi connectivity index (χ0v) is 12.8. The van der Waals surface area contributed by atoms with Crippen LogP contribution in [0.5, 0.6) is 0 Å². The van der Waals surface area contributed by atoms with E-state index in [-0.39, 0.29) is 17.8 Å². The summed E-state index contributed by atoms with van der Waals surface area (Å²) in [4.78, 5) is 14.8. The average molecular weight is 311 g/mol. The van der Waals surface area contributed by atoms with Crippen LogP contribution in [0.15, 0.2) is 54.7 Å². The van der Waals surface area contributed by atoms with Gasteiger partial charge in [0.2, 0.25) is 0 Å². The van der Waals surface area contributed by atoms with Crippen LogP contribution >= 0.6 is 0 Å². The second kappa shape index (κ2) is 6.52. The Morgan fingerprint density at radius 2 is 1.91 bits per heavy atom. The molecule has 1 heterocycles. The topological polar surface area (TPSA) is 56.9 Å². The van der Waals surface area contributed by atoms with Gasteiger partial charge in [0.15, 0.2) is 0 Å². The van der Waals surface area contributed by atoms with Gasteiger partial charge in [0, 0.05) is 36.6 Å². The van der Waals surface area contributed by atoms with Crippen molar-refractivity contribution in [3.63, 3.8) is 0 Å². The van der Waals surface area contributed by atoms with Gasteiger partial charge in [0.1, 0.15) is 5.82 Å². The largest absolute Gasteiger partial charge is 0.361 e. The van der Waals surface area contributed by atoms with Crippen LogP contribution in [-0.2, 0) is 0 Å². The number of hydrogen-bond acceptors (Lipinski definition) is 1. The average Bonchev–Trinajstić information content (AvgIpc) is 3.00. The summed E-state index contributed by atoms with van der Waals surface area (Å²) < 4.78 is 13.2. The standard InChI is InChI=1S/C18H18FN3O/c1-20-18(23)22-10-15(12-6-8-13(19)9-7-12)16-11-21-17-5-3-2-4-14(16)17/h2-9,11,15,21H,10H2,1H3,(H2,20,22,23)/t15-/m1/s1. The zero-order chi connectivity index (χ0) is 16.2. The first-order valence-corrected chi connectivity index (χ1v) is 7.46. The fraction of sp³-hybridized carbons (Fsp3) is 0.167. The lowest BCUT2D eigenvalue weighted by atomic mass is 9.91. The molecule has 0 bridgehead atoms. The maximum atomic E-state index is 13.2. The van der Waals surface area contributed by atoms with Gasteiger partial charge in [-0.1, -0.05) is 30.3 Å². The van der Waals surface area contributed by atoms with Gasteiger partial charge in [-0.25, -0.2) is 9.18 Å². The number of nitrogens with one attached hydrogen (secondary N) is 3. The molecule has 0 unspecified atom stereocenters. The molecule has 3 N–H and O–H groups in total. The number of rotatable bonds is 4. The molecule has 0 radical (unpaired) electrons. The molecule has 0 fully saturated rings. The Labute approximate surface area is 133 Å². The number of fused-ring (bicyclic) bond motifs is 1. The molecule has 2 aromatic carbocycles. The molecule has 118 valence electrons. The molecule has 23 heavy (non-hydrogen) atoms. The summed E-state index contributed by atoms with van der Waals surface area (Å²) in [7, 11) is 1.58. The number of halogens is 1. The van der Waals surface area contributed by atoms with E-state index in [1.807, 2.05) is 30.5 Å². The highest BCUT2D eigenvalue weighted by Gasteiger charge is 2.18. The minimum Gasteiger partial charge on any atom is -0.361 e. The molecule has 1 aromatic heterocycles. The van der Waals surface area contributed by atoms with Crippen LogP contribution in [0.2, 0.25) is 0 Å². The summed E-state index contributed by atoms with van der Waals surface area (Å²) in [5.74, 6) is -0.338. The molecule has 0 saturated heterocycles. The van der Waals surface area contributed by atoms with E-state index in [4.69, 9.17) is 0 Å². The molecule has 2 amide bonds. The number of carbonyl (C=O) groups is 1. The number of carbonyl (C=O) groups excluding carboxylic acids is 1. The second-order valence-corrected chi connectivity index (χ2v) is 5.35. The lowest BCUT2D eigenvalue weighted by Crippen LogP contribution is -2.35. The number of hydrogen-bond donors (Lipinski definition) is 3. The van der Waals surface area contributed by atoms with E-state index >= 15 is 0 Å². The number of aromatic nitrogens is 1. The summed E-state index contributed by atoms with van der Waals surface area (Å²) in [6, 6.07) is 14.2. The molecule has 0 aliphatic heterocycles. The van der Waals surface area contributed by atoms with Crippen molar-refractivity contribution in [3.05, 3.63) is 71.7 Å². The highest BCUT2D eigenvalue weighted by atomic mass is 19.1. The Morgan fingerprint density at radius 3 is 2.65 bits per heavy atom. The molecule has 3 aromatic rings. The first-order valence-electron chi connectivity index (χ1n) is 7.46. The Kier molecular flexibility index (Phi) is 4.28. The van der Waals surface area contributed by atoms with Gasteiger partial charge in [-0.3, -0.25) is 0 Å². The Hall–Kier alpha value is -2.82. The van der Waals surface area contributed by atoms with Crippen molar-refractivity contribution in [3.8, 4) is 0 Å². The van der Waals surface area contributed by atoms with E-state index in [0.29, 0.717) is 6.54 Å². The van der Waals surface area contributed by atoms with Crippen molar-refractivity contribution in [2.75, 3.05) is 13.6 Å². The van der Waals surface area contributed by atoms with Crippen LogP contribution in [0.3, 0.4) is 0 Å². The third kappa shape index (κ3) is 3.18. The summed E-state index contributed by atoms with van der Waals surface area (Å²) >= 11 is 0. The Balaban J connectivity index is 2.00. The maximum Gasteiger partial charge on any atom is 0.314 e. The van der Waals surface area contributed by atoms with Crippen molar-refractivity contribution in [1.82, 2.24) is 15.6 Å². The normalized spacial score (nSPS) is 12.1. The number of benzene rings is 2. The molecule has 5 heteroatoms. The Morgan fingerprint density at radius 1 is 1.17 bits per heavy atom. The van der Waals surface area contributed by atoms with E-state index < -0.39 is 0 Å². The molecule has 1 atom stereocenters. The van der Waals surface area contributed by atoms with Gasteiger partial charge >= 0.3 is 6.03 Å². The monoisotopic (exact) mass is 311 g/mol. The fourth-order valence-corrected chi connectivity index (χ4v) is 2.77. The van der Waals surface area contributed by atoms with Crippen LogP contribution in [0.25, 0.3) is 10.9 Å². The predicted molar refractivity (Wildman–Crippen MR) is 89.0 cm³/mol. The SMILES string of the molecule is CNC(=O)NC[C@H](c1ccc(F)cc1)c1c[nH]c2ccccc12. The predicted octanol–water partition coefficient (Wildman–Crippen LogP) is 3.37. The van der Waals surface area contributed by atoms with E-state index in [0.717, 1.165) is 22.0 Å². The fourth-order valence-electron chi connectivity index (χ4n) is 2.77. The smallest absolute Gasteiger partial charge is 0.314 e. The molecular formula is C18H18FN3O. The Bertz CT molecular complexity index is 811. The van der Waals surface area contributed by atoms with Crippen molar-refractivity contribution >= 4 is 16.9 Å². The summed E-state index contributed by atoms with van der Waals surface area (Å²) in [6.45, 7) is 0.424. The number of amides is 2. The summed E-state index contributed by atoms with van der Waals surface area (Å²) in [6.07, 6.45) is 1.95. The number of H-pyrrole nitrogens is 1. The highest BCUT2D eigenvalue weighted by Crippen LogP contribution is 2.30. The molecule has 3 rings (SSSR count). The summed E-state index contributed by atoms with van der Waals surface area (Å²) in [5, 5.41) is 6.48. The van der Waals surface area contributed by atoms with Gasteiger partial charge < -0.3 is 15.6 Å². The minimum absolute atomic E-state index is 0.0657. The van der Waals surface area contributed by atoms with Gasteiger partial charge in [0.25, 0.3) is 0 Å². The molecule has 0 aliphatic carbocycles. The van der Waals surface area contributed by atoms with E-state index in [1.165, 1.54) is 12.1 Å². The number of para-hydroxylation sites is 1. The van der Waals surface area contributed by atoms with Crippen LogP contribution in [0.1, 0.15) is 17.0 Å². The van der Waals surface area contributed by atoms with E-state index in [9.17, 15) is 9.18 Å². The van der Waals surface area contributed by atoms with Crippen molar-refractivity contribution in [1.29, 1.82) is 0 Å². The van der Waals surface area contributed by atoms with Gasteiger partial charge in [-0.05, 0) is 29.3 Å². The molecular weight excluding hydrogens is 293 g/mol. The first-order chi connectivity index (χ1) is 11.2. The molecule has 0 aliphatic rings. The molecule has 4 nitrogen and oxygen atoms in total. The van der Waals surface area contributed by atoms with Gasteiger partial charge in [-0.15, -0.1) is 0 Å². The number of urea groups is 1. The highest BCUT2D eigenvalue weighted by molar-refractivity contribution is 5.84. The first kappa shape index (κ1) is 15.1. The van der Waals surface area contributed by atoms with Gasteiger partial charge in [0.05, 0.1) is 0 Å². The van der Waals surface area contributed by atoms with Crippen LogP contribution in [-0.4, -0.2) is 24.6 Å². The van der Waals surface area contributed by atoms with Crippen LogP contribution in [0.4, 0.5) is 9.18 Å². The van der Waals surface area contributed by atoms with Crippen LogP contribution < -0.4 is 10.6 Å². The molecule has 0 saturated carbocycles. The van der Waals surface area contributed by atoms with Crippen molar-refractivity contribution < 1.29 is 9.18 Å². The minimum atomic E-state index is -0.273. The summed E-state index contributed by atoms with van der Waals surface area (Å²) in [5.41, 5.74) is 3.06. The quantitative estimate of drug-likeness (QED) is 0.680. The third-order valence-electron chi connectivity index (χ3n) is 3.96. The third-order valence-corrected chi connectivity index (χ3v) is 3.96. The number of aromatic amines is 1. The molecule has 0 spiro atoms. The van der Waals surface area contributed by atoms with Crippen molar-refractivity contribution in [2.45, 2.75) is 5.92 Å². The second-order valence-electron chi connectivity index (χ2n) is 5.35.